The molecule has 0 atom stereocenters. The Morgan fingerprint density at radius 3 is 2.61 bits per heavy atom. The number of pyridine rings is 1. The average Bonchev–Trinajstić information content (AvgIpc) is 2.40. The van der Waals surface area contributed by atoms with E-state index in [1.165, 1.54) is 5.56 Å². The number of hydrogen-bond acceptors (Lipinski definition) is 3. The zero-order chi connectivity index (χ0) is 12.8. The van der Waals surface area contributed by atoms with Crippen molar-refractivity contribution in [2.75, 3.05) is 5.75 Å². The van der Waals surface area contributed by atoms with Gasteiger partial charge in [0.15, 0.2) is 0 Å². The second-order valence-electron chi connectivity index (χ2n) is 3.76. The van der Waals surface area contributed by atoms with Crippen LogP contribution in [0.3, 0.4) is 0 Å². The largest absolute Gasteiger partial charge is 0.478 e. The maximum atomic E-state index is 11.0. The lowest BCUT2D eigenvalue weighted by atomic mass is 10.2. The number of hydrogen-bond donors (Lipinski definition) is 1. The summed E-state index contributed by atoms with van der Waals surface area (Å²) in [7, 11) is 0. The molecule has 0 saturated carbocycles. The smallest absolute Gasteiger partial charge is 0.336 e. The number of carbonyl (C=O) groups is 1. The molecule has 18 heavy (non-hydrogen) atoms. The molecule has 3 nitrogen and oxygen atoms in total. The summed E-state index contributed by atoms with van der Waals surface area (Å²) < 4.78 is 0. The molecule has 0 aliphatic rings. The fourth-order valence-corrected chi connectivity index (χ4v) is 2.64. The van der Waals surface area contributed by atoms with E-state index >= 15 is 0 Å². The van der Waals surface area contributed by atoms with Gasteiger partial charge in [-0.05, 0) is 36.2 Å². The van der Waals surface area contributed by atoms with Gasteiger partial charge in [0.05, 0.1) is 5.56 Å². The van der Waals surface area contributed by atoms with Crippen molar-refractivity contribution in [2.45, 2.75) is 11.3 Å². The van der Waals surface area contributed by atoms with E-state index in [-0.39, 0.29) is 0 Å². The molecule has 1 heterocycles. The maximum absolute atomic E-state index is 11.0. The number of aromatic nitrogens is 1. The van der Waals surface area contributed by atoms with Crippen LogP contribution in [0, 0.1) is 0 Å². The Bertz CT molecular complexity index is 528. The lowest BCUT2D eigenvalue weighted by Gasteiger charge is -2.05. The van der Waals surface area contributed by atoms with Crippen LogP contribution in [0.25, 0.3) is 0 Å². The van der Waals surface area contributed by atoms with Gasteiger partial charge in [-0.3, -0.25) is 4.98 Å². The van der Waals surface area contributed by atoms with Crippen molar-refractivity contribution in [3.63, 3.8) is 0 Å². The number of carboxylic acids is 1. The van der Waals surface area contributed by atoms with Crippen LogP contribution in [0.2, 0.25) is 0 Å². The van der Waals surface area contributed by atoms with Gasteiger partial charge in [0, 0.05) is 23.0 Å². The van der Waals surface area contributed by atoms with Crippen LogP contribution in [0.4, 0.5) is 0 Å². The number of aryl methyl sites for hydroxylation is 1. The van der Waals surface area contributed by atoms with Crippen LogP contribution < -0.4 is 0 Å². The molecule has 0 bridgehead atoms. The van der Waals surface area contributed by atoms with Gasteiger partial charge in [-0.2, -0.15) is 0 Å². The van der Waals surface area contributed by atoms with Gasteiger partial charge in [0.25, 0.3) is 0 Å². The Balaban J connectivity index is 1.97. The summed E-state index contributed by atoms with van der Waals surface area (Å²) in [5.41, 5.74) is 1.59. The molecule has 0 radical (unpaired) electrons. The van der Waals surface area contributed by atoms with E-state index in [0.717, 1.165) is 17.1 Å². The summed E-state index contributed by atoms with van der Waals surface area (Å²) in [6.07, 6.45) is 4.44. The van der Waals surface area contributed by atoms with Gasteiger partial charge in [-0.1, -0.05) is 12.1 Å². The van der Waals surface area contributed by atoms with Crippen molar-refractivity contribution < 1.29 is 9.90 Å². The van der Waals surface area contributed by atoms with Gasteiger partial charge < -0.3 is 5.11 Å². The van der Waals surface area contributed by atoms with E-state index < -0.39 is 5.97 Å². The quantitative estimate of drug-likeness (QED) is 0.838. The lowest BCUT2D eigenvalue weighted by molar-refractivity contribution is 0.0693. The first-order chi connectivity index (χ1) is 8.77. The molecule has 2 rings (SSSR count). The van der Waals surface area contributed by atoms with Crippen molar-refractivity contribution in [1.82, 2.24) is 4.98 Å². The summed E-state index contributed by atoms with van der Waals surface area (Å²) >= 11 is 1.57. The van der Waals surface area contributed by atoms with Crippen molar-refractivity contribution in [3.8, 4) is 0 Å². The third kappa shape index (κ3) is 3.34. The molecule has 0 aliphatic carbocycles. The molecule has 0 unspecified atom stereocenters. The molecule has 4 heteroatoms. The Morgan fingerprint density at radius 1 is 1.17 bits per heavy atom. The third-order valence-electron chi connectivity index (χ3n) is 2.52. The van der Waals surface area contributed by atoms with E-state index in [1.54, 1.807) is 36.3 Å². The highest BCUT2D eigenvalue weighted by Crippen LogP contribution is 2.23. The molecule has 0 amide bonds. The van der Waals surface area contributed by atoms with Crippen LogP contribution in [0.5, 0.6) is 0 Å². The summed E-state index contributed by atoms with van der Waals surface area (Å²) in [6, 6.07) is 11.0. The SMILES string of the molecule is O=C(O)c1ccccc1SCCc1ccncc1. The fraction of sp³-hybridized carbons (Fsp3) is 0.143. The minimum atomic E-state index is -0.873. The lowest BCUT2D eigenvalue weighted by Crippen LogP contribution is -1.99. The molecule has 1 aromatic carbocycles. The molecule has 1 N–H and O–H groups in total. The van der Waals surface area contributed by atoms with Gasteiger partial charge in [-0.25, -0.2) is 4.79 Å². The molecule has 1 aromatic heterocycles. The number of nitrogens with zero attached hydrogens (tertiary/aromatic N) is 1. The molecular weight excluding hydrogens is 246 g/mol. The molecular formula is C14H13NO2S. The molecule has 2 aromatic rings. The van der Waals surface area contributed by atoms with Crippen LogP contribution in [0.15, 0.2) is 53.7 Å². The van der Waals surface area contributed by atoms with Crippen molar-refractivity contribution in [3.05, 3.63) is 59.9 Å². The highest BCUT2D eigenvalue weighted by atomic mass is 32.2. The minimum absolute atomic E-state index is 0.372. The summed E-state index contributed by atoms with van der Waals surface area (Å²) in [5.74, 6) is -0.0177. The molecule has 0 spiro atoms. The Hall–Kier alpha value is -1.81. The first kappa shape index (κ1) is 12.6. The molecule has 0 saturated heterocycles. The van der Waals surface area contributed by atoms with Crippen molar-refractivity contribution in [2.24, 2.45) is 0 Å². The summed E-state index contributed by atoms with van der Waals surface area (Å²) in [6.45, 7) is 0. The van der Waals surface area contributed by atoms with Gasteiger partial charge >= 0.3 is 5.97 Å². The molecule has 92 valence electrons. The van der Waals surface area contributed by atoms with Crippen LogP contribution in [0.1, 0.15) is 15.9 Å². The zero-order valence-corrected chi connectivity index (χ0v) is 10.6. The van der Waals surface area contributed by atoms with Crippen molar-refractivity contribution in [1.29, 1.82) is 0 Å². The number of carboxylic acid groups (broad SMARTS) is 1. The Labute approximate surface area is 110 Å². The first-order valence-corrected chi connectivity index (χ1v) is 6.60. The summed E-state index contributed by atoms with van der Waals surface area (Å²) in [4.78, 5) is 15.8. The number of thioether (sulfide) groups is 1. The molecule has 0 aliphatic heterocycles. The van der Waals surface area contributed by atoms with Crippen molar-refractivity contribution >= 4 is 17.7 Å². The second-order valence-corrected chi connectivity index (χ2v) is 4.89. The first-order valence-electron chi connectivity index (χ1n) is 5.61. The topological polar surface area (TPSA) is 50.2 Å². The van der Waals surface area contributed by atoms with Crippen LogP contribution >= 0.6 is 11.8 Å². The highest BCUT2D eigenvalue weighted by molar-refractivity contribution is 7.99. The van der Waals surface area contributed by atoms with Gasteiger partial charge in [-0.15, -0.1) is 11.8 Å². The van der Waals surface area contributed by atoms with Gasteiger partial charge in [0.1, 0.15) is 0 Å². The number of benzene rings is 1. The van der Waals surface area contributed by atoms with E-state index in [2.05, 4.69) is 4.98 Å². The third-order valence-corrected chi connectivity index (χ3v) is 3.59. The number of rotatable bonds is 5. The Morgan fingerprint density at radius 2 is 1.89 bits per heavy atom. The monoisotopic (exact) mass is 259 g/mol. The van der Waals surface area contributed by atoms with E-state index in [1.807, 2.05) is 24.3 Å². The van der Waals surface area contributed by atoms with E-state index in [9.17, 15) is 4.79 Å². The predicted molar refractivity (Wildman–Crippen MR) is 72.1 cm³/mol. The van der Waals surface area contributed by atoms with E-state index in [0.29, 0.717) is 5.56 Å². The minimum Gasteiger partial charge on any atom is -0.478 e. The summed E-state index contributed by atoms with van der Waals surface area (Å²) in [5, 5.41) is 9.06. The average molecular weight is 259 g/mol. The maximum Gasteiger partial charge on any atom is 0.336 e. The second kappa shape index (κ2) is 6.21. The number of aromatic carboxylic acids is 1. The fourth-order valence-electron chi connectivity index (χ4n) is 1.60. The predicted octanol–water partition coefficient (Wildman–Crippen LogP) is 3.11. The molecule has 0 fully saturated rings. The zero-order valence-electron chi connectivity index (χ0n) is 9.74. The standard InChI is InChI=1S/C14H13NO2S/c16-14(17)12-3-1-2-4-13(12)18-10-7-11-5-8-15-9-6-11/h1-6,8-9H,7,10H2,(H,16,17). The highest BCUT2D eigenvalue weighted by Gasteiger charge is 2.08. The van der Waals surface area contributed by atoms with Crippen LogP contribution in [-0.2, 0) is 6.42 Å². The van der Waals surface area contributed by atoms with E-state index in [4.69, 9.17) is 5.11 Å². The van der Waals surface area contributed by atoms with Gasteiger partial charge in [0.2, 0.25) is 0 Å². The normalized spacial score (nSPS) is 10.2. The van der Waals surface area contributed by atoms with Crippen LogP contribution in [-0.4, -0.2) is 21.8 Å². The Kier molecular flexibility index (Phi) is 4.36.